The normalized spacial score (nSPS) is 12.3. The molecule has 1 aromatic rings. The maximum absolute atomic E-state index is 11.7. The van der Waals surface area contributed by atoms with Crippen LogP contribution < -0.4 is 10.6 Å². The average Bonchev–Trinajstić information content (AvgIpc) is 2.61. The predicted molar refractivity (Wildman–Crippen MR) is 78.6 cm³/mol. The third kappa shape index (κ3) is 6.02. The van der Waals surface area contributed by atoms with E-state index in [1.807, 2.05) is 5.38 Å². The quantitative estimate of drug-likeness (QED) is 0.796. The number of thiazole rings is 1. The minimum absolute atomic E-state index is 0.117. The van der Waals surface area contributed by atoms with Crippen LogP contribution in [-0.2, 0) is 6.42 Å². The summed E-state index contributed by atoms with van der Waals surface area (Å²) in [6, 6.07) is -0.351. The summed E-state index contributed by atoms with van der Waals surface area (Å²) in [7, 11) is 0. The first-order valence-corrected chi connectivity index (χ1v) is 7.14. The average molecular weight is 285 g/mol. The molecule has 0 aromatic carbocycles. The molecular formula is C13H23N3O2S. The number of hydrogen-bond donors (Lipinski definition) is 3. The second-order valence-electron chi connectivity index (χ2n) is 6.50. The SMILES string of the molecule is CC(C)(C)Cc1csc(NC(=O)NC(C)(C)CO)n1. The number of nitrogens with zero attached hydrogens (tertiary/aromatic N) is 1. The van der Waals surface area contributed by atoms with Crippen LogP contribution in [0.2, 0.25) is 0 Å². The number of rotatable bonds is 4. The molecule has 2 amide bonds. The maximum Gasteiger partial charge on any atom is 0.321 e. The standard InChI is InChI=1S/C13H23N3O2S/c1-12(2,3)6-9-7-19-11(14-9)15-10(18)16-13(4,5)8-17/h7,17H,6,8H2,1-5H3,(H2,14,15,16,18). The first kappa shape index (κ1) is 15.9. The minimum Gasteiger partial charge on any atom is -0.394 e. The molecule has 0 aliphatic heterocycles. The van der Waals surface area contributed by atoms with Gasteiger partial charge in [-0.3, -0.25) is 5.32 Å². The van der Waals surface area contributed by atoms with Crippen molar-refractivity contribution in [3.63, 3.8) is 0 Å². The van der Waals surface area contributed by atoms with Gasteiger partial charge >= 0.3 is 6.03 Å². The molecule has 0 saturated carbocycles. The third-order valence-electron chi connectivity index (χ3n) is 2.33. The summed E-state index contributed by atoms with van der Waals surface area (Å²) in [6.45, 7) is 9.83. The molecule has 0 aliphatic carbocycles. The zero-order chi connectivity index (χ0) is 14.7. The van der Waals surface area contributed by atoms with Crippen molar-refractivity contribution in [3.8, 4) is 0 Å². The van der Waals surface area contributed by atoms with E-state index in [0.29, 0.717) is 5.13 Å². The second kappa shape index (κ2) is 5.88. The molecule has 0 saturated heterocycles. The Morgan fingerprint density at radius 3 is 2.53 bits per heavy atom. The lowest BCUT2D eigenvalue weighted by atomic mass is 9.91. The molecule has 1 heterocycles. The van der Waals surface area contributed by atoms with E-state index in [1.165, 1.54) is 11.3 Å². The molecule has 0 atom stereocenters. The lowest BCUT2D eigenvalue weighted by Crippen LogP contribution is -2.48. The van der Waals surface area contributed by atoms with Crippen molar-refractivity contribution in [2.75, 3.05) is 11.9 Å². The fraction of sp³-hybridized carbons (Fsp3) is 0.692. The molecule has 0 radical (unpaired) electrons. The van der Waals surface area contributed by atoms with Crippen molar-refractivity contribution in [1.82, 2.24) is 10.3 Å². The summed E-state index contributed by atoms with van der Waals surface area (Å²) in [5, 5.41) is 17.0. The van der Waals surface area contributed by atoms with Gasteiger partial charge in [0.05, 0.1) is 17.8 Å². The number of carbonyl (C=O) groups excluding carboxylic acids is 1. The fourth-order valence-electron chi connectivity index (χ4n) is 1.46. The van der Waals surface area contributed by atoms with Crippen molar-refractivity contribution in [2.45, 2.75) is 46.6 Å². The van der Waals surface area contributed by atoms with Crippen LogP contribution in [0, 0.1) is 5.41 Å². The Morgan fingerprint density at radius 1 is 1.37 bits per heavy atom. The number of anilines is 1. The van der Waals surface area contributed by atoms with Gasteiger partial charge in [0.25, 0.3) is 0 Å². The Morgan fingerprint density at radius 2 is 2.00 bits per heavy atom. The molecule has 1 rings (SSSR count). The van der Waals surface area contributed by atoms with Crippen LogP contribution in [0.1, 0.15) is 40.3 Å². The molecule has 1 aromatic heterocycles. The largest absolute Gasteiger partial charge is 0.394 e. The van der Waals surface area contributed by atoms with E-state index < -0.39 is 5.54 Å². The highest BCUT2D eigenvalue weighted by molar-refractivity contribution is 7.13. The summed E-state index contributed by atoms with van der Waals surface area (Å²) in [5.41, 5.74) is 0.511. The number of urea groups is 1. The molecule has 5 nitrogen and oxygen atoms in total. The number of hydrogen-bond acceptors (Lipinski definition) is 4. The number of aromatic nitrogens is 1. The number of amides is 2. The lowest BCUT2D eigenvalue weighted by Gasteiger charge is -2.23. The monoisotopic (exact) mass is 285 g/mol. The van der Waals surface area contributed by atoms with E-state index in [0.717, 1.165) is 12.1 Å². The highest BCUT2D eigenvalue weighted by Gasteiger charge is 2.20. The highest BCUT2D eigenvalue weighted by Crippen LogP contribution is 2.23. The summed E-state index contributed by atoms with van der Waals surface area (Å²) >= 11 is 1.41. The molecule has 6 heteroatoms. The first-order valence-electron chi connectivity index (χ1n) is 6.26. The number of aliphatic hydroxyl groups excluding tert-OH is 1. The van der Waals surface area contributed by atoms with E-state index >= 15 is 0 Å². The fourth-order valence-corrected chi connectivity index (χ4v) is 2.17. The molecular weight excluding hydrogens is 262 g/mol. The smallest absolute Gasteiger partial charge is 0.321 e. The summed E-state index contributed by atoms with van der Waals surface area (Å²) in [5.74, 6) is 0. The van der Waals surface area contributed by atoms with E-state index in [9.17, 15) is 4.79 Å². The molecule has 0 bridgehead atoms. The van der Waals surface area contributed by atoms with Crippen molar-refractivity contribution < 1.29 is 9.90 Å². The van der Waals surface area contributed by atoms with E-state index in [1.54, 1.807) is 13.8 Å². The molecule has 0 spiro atoms. The summed E-state index contributed by atoms with van der Waals surface area (Å²) in [6.07, 6.45) is 0.870. The van der Waals surface area contributed by atoms with Gasteiger partial charge < -0.3 is 10.4 Å². The van der Waals surface area contributed by atoms with Gasteiger partial charge in [0.15, 0.2) is 5.13 Å². The zero-order valence-corrected chi connectivity index (χ0v) is 13.0. The van der Waals surface area contributed by atoms with Crippen LogP contribution in [0.25, 0.3) is 0 Å². The molecule has 108 valence electrons. The maximum atomic E-state index is 11.7. The topological polar surface area (TPSA) is 74.2 Å². The van der Waals surface area contributed by atoms with Crippen LogP contribution in [0.3, 0.4) is 0 Å². The van der Waals surface area contributed by atoms with Gasteiger partial charge in [0.2, 0.25) is 0 Å². The number of aliphatic hydroxyl groups is 1. The van der Waals surface area contributed by atoms with Gasteiger partial charge in [-0.15, -0.1) is 11.3 Å². The highest BCUT2D eigenvalue weighted by atomic mass is 32.1. The van der Waals surface area contributed by atoms with Crippen molar-refractivity contribution >= 4 is 22.5 Å². The molecule has 0 aliphatic rings. The summed E-state index contributed by atoms with van der Waals surface area (Å²) in [4.78, 5) is 16.1. The van der Waals surface area contributed by atoms with Crippen LogP contribution in [0.5, 0.6) is 0 Å². The van der Waals surface area contributed by atoms with Gasteiger partial charge in [-0.25, -0.2) is 9.78 Å². The molecule has 0 fully saturated rings. The Labute approximate surface area is 118 Å². The third-order valence-corrected chi connectivity index (χ3v) is 3.14. The lowest BCUT2D eigenvalue weighted by molar-refractivity contribution is 0.187. The van der Waals surface area contributed by atoms with Crippen LogP contribution in [-0.4, -0.2) is 28.3 Å². The predicted octanol–water partition coefficient (Wildman–Crippen LogP) is 2.62. The Balaban J connectivity index is 2.57. The second-order valence-corrected chi connectivity index (χ2v) is 7.36. The van der Waals surface area contributed by atoms with Crippen molar-refractivity contribution in [3.05, 3.63) is 11.1 Å². The first-order chi connectivity index (χ1) is 8.61. The summed E-state index contributed by atoms with van der Waals surface area (Å²) < 4.78 is 0. The zero-order valence-electron chi connectivity index (χ0n) is 12.2. The van der Waals surface area contributed by atoms with Gasteiger partial charge in [-0.2, -0.15) is 0 Å². The molecule has 3 N–H and O–H groups in total. The van der Waals surface area contributed by atoms with E-state index in [2.05, 4.69) is 36.4 Å². The molecule has 0 unspecified atom stereocenters. The van der Waals surface area contributed by atoms with E-state index in [4.69, 9.17) is 5.11 Å². The van der Waals surface area contributed by atoms with Crippen LogP contribution in [0.4, 0.5) is 9.93 Å². The number of carbonyl (C=O) groups is 1. The van der Waals surface area contributed by atoms with Gasteiger partial charge in [-0.05, 0) is 25.7 Å². The molecule has 19 heavy (non-hydrogen) atoms. The van der Waals surface area contributed by atoms with Gasteiger partial charge in [0.1, 0.15) is 0 Å². The minimum atomic E-state index is -0.643. The van der Waals surface area contributed by atoms with Gasteiger partial charge in [0, 0.05) is 5.38 Å². The van der Waals surface area contributed by atoms with Crippen molar-refractivity contribution in [1.29, 1.82) is 0 Å². The Hall–Kier alpha value is -1.14. The van der Waals surface area contributed by atoms with Crippen LogP contribution >= 0.6 is 11.3 Å². The Bertz CT molecular complexity index is 435. The van der Waals surface area contributed by atoms with E-state index in [-0.39, 0.29) is 18.1 Å². The number of nitrogens with one attached hydrogen (secondary N) is 2. The van der Waals surface area contributed by atoms with Crippen LogP contribution in [0.15, 0.2) is 5.38 Å². The Kier molecular flexibility index (Phi) is 4.92. The van der Waals surface area contributed by atoms with Gasteiger partial charge in [-0.1, -0.05) is 20.8 Å². The van der Waals surface area contributed by atoms with Crippen molar-refractivity contribution in [2.24, 2.45) is 5.41 Å².